The normalized spacial score (nSPS) is 9.84. The number of carbonyl (C=O) groups excluding carboxylic acids is 1. The lowest BCUT2D eigenvalue weighted by Gasteiger charge is -1.98. The van der Waals surface area contributed by atoms with Crippen LogP contribution >= 0.6 is 0 Å². The van der Waals surface area contributed by atoms with Crippen molar-refractivity contribution in [3.05, 3.63) is 24.5 Å². The summed E-state index contributed by atoms with van der Waals surface area (Å²) in [4.78, 5) is 8.25. The Hall–Kier alpha value is -2.08. The molecule has 1 aromatic carbocycles. The van der Waals surface area contributed by atoms with Crippen molar-refractivity contribution in [3.63, 3.8) is 0 Å². The van der Waals surface area contributed by atoms with E-state index in [-0.39, 0.29) is 6.61 Å². The molecule has 0 fully saturated rings. The van der Waals surface area contributed by atoms with Gasteiger partial charge >= 0.3 is 0 Å². The van der Waals surface area contributed by atoms with Crippen LogP contribution < -0.4 is 14.4 Å². The van der Waals surface area contributed by atoms with Crippen LogP contribution in [-0.4, -0.2) is 29.9 Å². The fourth-order valence-corrected chi connectivity index (χ4v) is 1.93. The molecule has 0 aliphatic carbocycles. The van der Waals surface area contributed by atoms with Gasteiger partial charge in [0.25, 0.3) is 0 Å². The van der Waals surface area contributed by atoms with Gasteiger partial charge in [0.05, 0.1) is 20.3 Å². The molecule has 6 nitrogen and oxygen atoms in total. The first-order valence-electron chi connectivity index (χ1n) is 5.94. The fraction of sp³-hybridized carbons (Fsp3) is 0.385. The van der Waals surface area contributed by atoms with Gasteiger partial charge in [0.15, 0.2) is 11.0 Å². The maximum absolute atomic E-state index is 9.01. The second-order valence-corrected chi connectivity index (χ2v) is 3.77. The van der Waals surface area contributed by atoms with Crippen LogP contribution in [0.15, 0.2) is 24.5 Å². The predicted octanol–water partition coefficient (Wildman–Crippen LogP) is -0.684. The van der Waals surface area contributed by atoms with Gasteiger partial charge < -0.3 is 19.7 Å². The minimum atomic E-state index is -0.500. The molecule has 6 heteroatoms. The van der Waals surface area contributed by atoms with Crippen LogP contribution in [0.4, 0.5) is 0 Å². The Bertz CT molecular complexity index is 537. The number of nitrogens with zero attached hydrogens (tertiary/aromatic N) is 2. The maximum atomic E-state index is 9.01. The second-order valence-electron chi connectivity index (χ2n) is 3.77. The summed E-state index contributed by atoms with van der Waals surface area (Å²) >= 11 is 0. The summed E-state index contributed by atoms with van der Waals surface area (Å²) in [7, 11) is 1.67. The monoisotopic (exact) mass is 266 g/mol. The smallest absolute Gasteiger partial charge is 0.244 e. The summed E-state index contributed by atoms with van der Waals surface area (Å²) in [6, 6.07) is 5.99. The number of aliphatic hydroxyl groups is 1. The van der Waals surface area contributed by atoms with E-state index in [0.717, 1.165) is 23.3 Å². The summed E-state index contributed by atoms with van der Waals surface area (Å²) in [6.45, 7) is 3.28. The van der Waals surface area contributed by atoms with Gasteiger partial charge in [-0.2, -0.15) is 0 Å². The van der Waals surface area contributed by atoms with Gasteiger partial charge in [0.1, 0.15) is 12.3 Å². The van der Waals surface area contributed by atoms with Crippen molar-refractivity contribution in [2.75, 3.05) is 13.7 Å². The Morgan fingerprint density at radius 1 is 1.53 bits per heavy atom. The second kappa shape index (κ2) is 7.38. The zero-order chi connectivity index (χ0) is 14.3. The average molecular weight is 266 g/mol. The van der Waals surface area contributed by atoms with E-state index in [4.69, 9.17) is 19.7 Å². The Morgan fingerprint density at radius 3 is 2.74 bits per heavy atom. The lowest BCUT2D eigenvalue weighted by molar-refractivity contribution is -0.673. The van der Waals surface area contributed by atoms with Gasteiger partial charge in [-0.05, 0) is 19.1 Å². The number of aryl methyl sites for hydroxylation is 1. The van der Waals surface area contributed by atoms with Crippen LogP contribution in [0.25, 0.3) is 11.0 Å². The summed E-state index contributed by atoms with van der Waals surface area (Å²) in [5.41, 5.74) is 2.26. The molecular weight excluding hydrogens is 248 g/mol. The van der Waals surface area contributed by atoms with Crippen LogP contribution in [0.5, 0.6) is 5.75 Å². The van der Waals surface area contributed by atoms with Crippen molar-refractivity contribution >= 4 is 17.5 Å². The molecule has 0 aliphatic heterocycles. The maximum Gasteiger partial charge on any atom is 0.244 e. The summed E-state index contributed by atoms with van der Waals surface area (Å²) in [6.07, 6.45) is 2.03. The van der Waals surface area contributed by atoms with Crippen LogP contribution in [0.2, 0.25) is 0 Å². The number of rotatable bonds is 4. The number of methoxy groups -OCH3 is 1. The molecule has 1 N–H and O–H groups in total. The van der Waals surface area contributed by atoms with E-state index >= 15 is 0 Å². The molecule has 0 spiro atoms. The standard InChI is InChI=1S/C12H17N2O2.CH2O2/c1-3-13-9-14(6-7-15)11-5-4-10(16-2)8-12(11)13;2-1-3/h4-5,8-9,15H,3,6-7H2,1-2H3;1H,(H,2,3)/q+1;/p-1. The third-order valence-electron chi connectivity index (χ3n) is 2.76. The topological polar surface area (TPSA) is 78.4 Å². The zero-order valence-corrected chi connectivity index (χ0v) is 11.1. The van der Waals surface area contributed by atoms with Crippen molar-refractivity contribution in [2.45, 2.75) is 20.0 Å². The molecule has 2 aromatic rings. The van der Waals surface area contributed by atoms with Crippen molar-refractivity contribution in [3.8, 4) is 5.75 Å². The minimum Gasteiger partial charge on any atom is -0.554 e. The van der Waals surface area contributed by atoms with Gasteiger partial charge in [-0.15, -0.1) is 0 Å². The highest BCUT2D eigenvalue weighted by atomic mass is 16.5. The number of benzene rings is 1. The van der Waals surface area contributed by atoms with E-state index in [1.807, 2.05) is 24.5 Å². The van der Waals surface area contributed by atoms with Crippen LogP contribution in [0.3, 0.4) is 0 Å². The molecule has 19 heavy (non-hydrogen) atoms. The molecule has 0 saturated heterocycles. The molecule has 104 valence electrons. The predicted molar refractivity (Wildman–Crippen MR) is 67.5 cm³/mol. The molecule has 1 aromatic heterocycles. The average Bonchev–Trinajstić information content (AvgIpc) is 2.77. The molecule has 0 bridgehead atoms. The zero-order valence-electron chi connectivity index (χ0n) is 11.1. The van der Waals surface area contributed by atoms with E-state index in [9.17, 15) is 0 Å². The van der Waals surface area contributed by atoms with Gasteiger partial charge in [0, 0.05) is 12.5 Å². The quantitative estimate of drug-likeness (QED) is 0.587. The first kappa shape index (κ1) is 15.0. The van der Waals surface area contributed by atoms with E-state index in [2.05, 4.69) is 16.1 Å². The molecule has 0 saturated carbocycles. The van der Waals surface area contributed by atoms with Gasteiger partial charge in [-0.1, -0.05) is 0 Å². The number of carbonyl (C=O) groups is 1. The lowest BCUT2D eigenvalue weighted by atomic mass is 10.3. The number of imidazole rings is 1. The van der Waals surface area contributed by atoms with Crippen molar-refractivity contribution in [1.29, 1.82) is 0 Å². The molecule has 0 unspecified atom stereocenters. The largest absolute Gasteiger partial charge is 0.554 e. The summed E-state index contributed by atoms with van der Waals surface area (Å²) in [5.74, 6) is 0.858. The highest BCUT2D eigenvalue weighted by Gasteiger charge is 2.14. The number of carboxylic acid groups (broad SMARTS) is 1. The molecule has 0 aliphatic rings. The number of aromatic nitrogens is 2. The summed E-state index contributed by atoms with van der Waals surface area (Å²) < 4.78 is 9.42. The van der Waals surface area contributed by atoms with Gasteiger partial charge in [0.2, 0.25) is 6.33 Å². The van der Waals surface area contributed by atoms with Crippen LogP contribution in [-0.2, 0) is 17.9 Å². The SMILES string of the molecule is CCn1c[n+](CCO)c2ccc(OC)cc21.O=C[O-]. The van der Waals surface area contributed by atoms with E-state index in [0.29, 0.717) is 6.54 Å². The Morgan fingerprint density at radius 2 is 2.21 bits per heavy atom. The van der Waals surface area contributed by atoms with E-state index in [1.165, 1.54) is 0 Å². The Labute approximate surface area is 111 Å². The molecule has 1 heterocycles. The Kier molecular flexibility index (Phi) is 5.81. The van der Waals surface area contributed by atoms with Crippen molar-refractivity contribution in [2.24, 2.45) is 0 Å². The fourth-order valence-electron chi connectivity index (χ4n) is 1.93. The molecular formula is C13H18N2O4. The van der Waals surface area contributed by atoms with Crippen molar-refractivity contribution in [1.82, 2.24) is 4.57 Å². The molecule has 0 radical (unpaired) electrons. The Balaban J connectivity index is 0.000000550. The molecule has 2 rings (SSSR count). The third kappa shape index (κ3) is 3.45. The van der Waals surface area contributed by atoms with Crippen LogP contribution in [0.1, 0.15) is 6.92 Å². The number of aliphatic hydroxyl groups excluding tert-OH is 1. The highest BCUT2D eigenvalue weighted by molar-refractivity contribution is 5.73. The van der Waals surface area contributed by atoms with Crippen molar-refractivity contribution < 1.29 is 24.3 Å². The molecule has 0 amide bonds. The van der Waals surface area contributed by atoms with Gasteiger partial charge in [-0.3, -0.25) is 0 Å². The van der Waals surface area contributed by atoms with Gasteiger partial charge in [-0.25, -0.2) is 9.13 Å². The minimum absolute atomic E-state index is 0.152. The third-order valence-corrected chi connectivity index (χ3v) is 2.76. The van der Waals surface area contributed by atoms with E-state index in [1.54, 1.807) is 7.11 Å². The number of fused-ring (bicyclic) bond motifs is 1. The molecule has 0 atom stereocenters. The highest BCUT2D eigenvalue weighted by Crippen LogP contribution is 2.18. The first-order chi connectivity index (χ1) is 9.21. The van der Waals surface area contributed by atoms with E-state index < -0.39 is 6.47 Å². The number of hydrogen-bond acceptors (Lipinski definition) is 4. The first-order valence-corrected chi connectivity index (χ1v) is 5.94. The lowest BCUT2D eigenvalue weighted by Crippen LogP contribution is -2.34. The summed E-state index contributed by atoms with van der Waals surface area (Å²) in [5, 5.41) is 17.3. The number of hydrogen-bond donors (Lipinski definition) is 1. The van der Waals surface area contributed by atoms with Crippen LogP contribution in [0, 0.1) is 0 Å². The number of ether oxygens (including phenoxy) is 1.